The van der Waals surface area contributed by atoms with Crippen molar-refractivity contribution < 1.29 is 9.59 Å². The van der Waals surface area contributed by atoms with Gasteiger partial charge in [-0.1, -0.05) is 32.3 Å². The van der Waals surface area contributed by atoms with E-state index in [1.807, 2.05) is 25.1 Å². The van der Waals surface area contributed by atoms with Gasteiger partial charge < -0.3 is 16.0 Å². The van der Waals surface area contributed by atoms with Gasteiger partial charge in [-0.25, -0.2) is 0 Å². The first-order valence-electron chi connectivity index (χ1n) is 8.60. The molecule has 1 aromatic rings. The topological polar surface area (TPSA) is 70.2 Å². The lowest BCUT2D eigenvalue weighted by Gasteiger charge is -2.22. The minimum atomic E-state index is -0.0485. The van der Waals surface area contributed by atoms with Crippen LogP contribution in [-0.2, 0) is 9.59 Å². The molecule has 0 atom stereocenters. The van der Waals surface area contributed by atoms with Crippen molar-refractivity contribution in [3.05, 3.63) is 24.3 Å². The molecule has 5 heteroatoms. The van der Waals surface area contributed by atoms with Gasteiger partial charge in [0.15, 0.2) is 0 Å². The maximum Gasteiger partial charge on any atom is 0.238 e. The fraction of sp³-hybridized carbons (Fsp3) is 0.556. The van der Waals surface area contributed by atoms with Gasteiger partial charge in [-0.2, -0.15) is 0 Å². The van der Waals surface area contributed by atoms with E-state index in [-0.39, 0.29) is 11.8 Å². The summed E-state index contributed by atoms with van der Waals surface area (Å²) in [6, 6.07) is 7.73. The minimum absolute atomic E-state index is 0.00468. The molecule has 0 unspecified atom stereocenters. The van der Waals surface area contributed by atoms with E-state index in [0.717, 1.165) is 19.3 Å². The van der Waals surface area contributed by atoms with Crippen LogP contribution >= 0.6 is 0 Å². The predicted molar refractivity (Wildman–Crippen MR) is 93.5 cm³/mol. The van der Waals surface area contributed by atoms with Gasteiger partial charge in [-0.05, 0) is 37.5 Å². The Balaban J connectivity index is 1.79. The number of carbonyl (C=O) groups is 2. The van der Waals surface area contributed by atoms with Crippen molar-refractivity contribution in [3.8, 4) is 0 Å². The highest BCUT2D eigenvalue weighted by Gasteiger charge is 2.14. The highest BCUT2D eigenvalue weighted by atomic mass is 16.2. The summed E-state index contributed by atoms with van der Waals surface area (Å²) in [5.41, 5.74) is 1.41. The molecule has 0 spiro atoms. The molecule has 5 nitrogen and oxygen atoms in total. The standard InChI is InChI=1S/C18H27N3O2/c1-2-7-17(22)20-15-10-6-11-16(12-15)21-18(23)13-19-14-8-4-3-5-9-14/h6,10-12,14,19H,2-5,7-9,13H2,1H3,(H,20,22)(H,21,23). The second-order valence-corrected chi connectivity index (χ2v) is 6.14. The van der Waals surface area contributed by atoms with E-state index >= 15 is 0 Å². The van der Waals surface area contributed by atoms with Crippen molar-refractivity contribution in [1.29, 1.82) is 0 Å². The average Bonchev–Trinajstić information content (AvgIpc) is 2.54. The fourth-order valence-electron chi connectivity index (χ4n) is 2.87. The van der Waals surface area contributed by atoms with Crippen LogP contribution in [0.2, 0.25) is 0 Å². The number of carbonyl (C=O) groups excluding carboxylic acids is 2. The second kappa shape index (κ2) is 9.30. The van der Waals surface area contributed by atoms with Crippen LogP contribution in [0.5, 0.6) is 0 Å². The van der Waals surface area contributed by atoms with Crippen molar-refractivity contribution in [2.45, 2.75) is 57.9 Å². The zero-order chi connectivity index (χ0) is 16.5. The number of anilines is 2. The monoisotopic (exact) mass is 317 g/mol. The van der Waals surface area contributed by atoms with Gasteiger partial charge in [0.25, 0.3) is 0 Å². The summed E-state index contributed by atoms with van der Waals surface area (Å²) in [7, 11) is 0. The lowest BCUT2D eigenvalue weighted by molar-refractivity contribution is -0.116. The first-order valence-corrected chi connectivity index (χ1v) is 8.60. The molecule has 1 aliphatic rings. The Bertz CT molecular complexity index is 525. The van der Waals surface area contributed by atoms with Crippen LogP contribution in [0.1, 0.15) is 51.9 Å². The lowest BCUT2D eigenvalue weighted by atomic mass is 9.95. The van der Waals surface area contributed by atoms with E-state index in [4.69, 9.17) is 0 Å². The summed E-state index contributed by atoms with van der Waals surface area (Å²) in [5, 5.41) is 9.03. The van der Waals surface area contributed by atoms with Crippen LogP contribution in [0.25, 0.3) is 0 Å². The molecule has 2 rings (SSSR count). The van der Waals surface area contributed by atoms with E-state index in [1.54, 1.807) is 6.07 Å². The third-order valence-corrected chi connectivity index (χ3v) is 4.06. The van der Waals surface area contributed by atoms with E-state index in [2.05, 4.69) is 16.0 Å². The van der Waals surface area contributed by atoms with Crippen LogP contribution in [0.4, 0.5) is 11.4 Å². The van der Waals surface area contributed by atoms with E-state index in [0.29, 0.717) is 30.4 Å². The minimum Gasteiger partial charge on any atom is -0.326 e. The van der Waals surface area contributed by atoms with Gasteiger partial charge in [0.1, 0.15) is 0 Å². The molecule has 0 radical (unpaired) electrons. The molecule has 23 heavy (non-hydrogen) atoms. The molecule has 1 fully saturated rings. The van der Waals surface area contributed by atoms with Crippen LogP contribution in [-0.4, -0.2) is 24.4 Å². The Kier molecular flexibility index (Phi) is 7.07. The van der Waals surface area contributed by atoms with Gasteiger partial charge in [-0.3, -0.25) is 9.59 Å². The summed E-state index contributed by atoms with van der Waals surface area (Å²) < 4.78 is 0. The van der Waals surface area contributed by atoms with Gasteiger partial charge >= 0.3 is 0 Å². The van der Waals surface area contributed by atoms with Crippen molar-refractivity contribution >= 4 is 23.2 Å². The summed E-state index contributed by atoms with van der Waals surface area (Å²) in [5.74, 6) is -0.0532. The number of rotatable bonds is 7. The number of hydrogen-bond donors (Lipinski definition) is 3. The first-order chi connectivity index (χ1) is 11.2. The van der Waals surface area contributed by atoms with Gasteiger partial charge in [0, 0.05) is 23.8 Å². The molecule has 1 saturated carbocycles. The molecule has 0 bridgehead atoms. The van der Waals surface area contributed by atoms with E-state index < -0.39 is 0 Å². The first kappa shape index (κ1) is 17.5. The summed E-state index contributed by atoms with van der Waals surface area (Å²) in [4.78, 5) is 23.6. The lowest BCUT2D eigenvalue weighted by Crippen LogP contribution is -2.37. The molecule has 0 heterocycles. The molecule has 0 aliphatic heterocycles. The normalized spacial score (nSPS) is 15.2. The van der Waals surface area contributed by atoms with E-state index in [9.17, 15) is 9.59 Å². The molecule has 126 valence electrons. The smallest absolute Gasteiger partial charge is 0.238 e. The molecule has 0 saturated heterocycles. The number of nitrogens with one attached hydrogen (secondary N) is 3. The van der Waals surface area contributed by atoms with Crippen LogP contribution in [0.15, 0.2) is 24.3 Å². The summed E-state index contributed by atoms with van der Waals surface area (Å²) in [6.07, 6.45) is 7.44. The molecular formula is C18H27N3O2. The van der Waals surface area contributed by atoms with Gasteiger partial charge in [0.05, 0.1) is 6.54 Å². The molecule has 3 N–H and O–H groups in total. The summed E-state index contributed by atoms with van der Waals surface area (Å²) in [6.45, 7) is 2.30. The highest BCUT2D eigenvalue weighted by Crippen LogP contribution is 2.18. The number of benzene rings is 1. The Labute approximate surface area is 138 Å². The zero-order valence-electron chi connectivity index (χ0n) is 13.9. The number of hydrogen-bond acceptors (Lipinski definition) is 3. The molecule has 0 aromatic heterocycles. The molecule has 1 aromatic carbocycles. The molecule has 2 amide bonds. The van der Waals surface area contributed by atoms with E-state index in [1.165, 1.54) is 19.3 Å². The SMILES string of the molecule is CCCC(=O)Nc1cccc(NC(=O)CNC2CCCCC2)c1. The molecule has 1 aliphatic carbocycles. The third-order valence-electron chi connectivity index (χ3n) is 4.06. The fourth-order valence-corrected chi connectivity index (χ4v) is 2.87. The van der Waals surface area contributed by atoms with Gasteiger partial charge in [-0.15, -0.1) is 0 Å². The summed E-state index contributed by atoms with van der Waals surface area (Å²) >= 11 is 0. The van der Waals surface area contributed by atoms with Crippen molar-refractivity contribution in [3.63, 3.8) is 0 Å². The quantitative estimate of drug-likeness (QED) is 0.723. The van der Waals surface area contributed by atoms with Crippen LogP contribution in [0.3, 0.4) is 0 Å². The Hall–Kier alpha value is -1.88. The molecular weight excluding hydrogens is 290 g/mol. The van der Waals surface area contributed by atoms with Crippen LogP contribution in [0, 0.1) is 0 Å². The van der Waals surface area contributed by atoms with Gasteiger partial charge in [0.2, 0.25) is 11.8 Å². The maximum atomic E-state index is 12.0. The Morgan fingerprint density at radius 1 is 1.04 bits per heavy atom. The van der Waals surface area contributed by atoms with Crippen molar-refractivity contribution in [2.24, 2.45) is 0 Å². The number of amides is 2. The predicted octanol–water partition coefficient (Wildman–Crippen LogP) is 3.29. The zero-order valence-corrected chi connectivity index (χ0v) is 13.9. The average molecular weight is 317 g/mol. The highest BCUT2D eigenvalue weighted by molar-refractivity contribution is 5.94. The second-order valence-electron chi connectivity index (χ2n) is 6.14. The van der Waals surface area contributed by atoms with Crippen molar-refractivity contribution in [1.82, 2.24) is 5.32 Å². The Morgan fingerprint density at radius 2 is 1.70 bits per heavy atom. The van der Waals surface area contributed by atoms with Crippen molar-refractivity contribution in [2.75, 3.05) is 17.2 Å². The maximum absolute atomic E-state index is 12.0. The van der Waals surface area contributed by atoms with Crippen LogP contribution < -0.4 is 16.0 Å². The largest absolute Gasteiger partial charge is 0.326 e. The Morgan fingerprint density at radius 3 is 2.35 bits per heavy atom. The third kappa shape index (κ3) is 6.40.